The van der Waals surface area contributed by atoms with E-state index in [-0.39, 0.29) is 23.4 Å². The van der Waals surface area contributed by atoms with Gasteiger partial charge in [0, 0.05) is 11.2 Å². The second-order valence-corrected chi connectivity index (χ2v) is 6.66. The standard InChI is InChI=1S/C13H22O4S/c14-9-10-1-3-11(4-2-10)17-12-5-7-13(8-6-12)18(15)16/h9-13H,1-8H2,(H,15,16)/p-1. The fourth-order valence-electron chi connectivity index (χ4n) is 2.99. The van der Waals surface area contributed by atoms with Crippen LogP contribution in [-0.2, 0) is 20.6 Å². The molecule has 2 aliphatic rings. The molecule has 0 spiro atoms. The monoisotopic (exact) mass is 273 g/mol. The molecule has 0 aromatic carbocycles. The number of carbonyl (C=O) groups excluding carboxylic acids is 1. The first-order valence-corrected chi connectivity index (χ1v) is 8.01. The Kier molecular flexibility index (Phi) is 5.33. The fourth-order valence-corrected chi connectivity index (χ4v) is 3.65. The van der Waals surface area contributed by atoms with Crippen molar-refractivity contribution in [2.24, 2.45) is 5.92 Å². The SMILES string of the molecule is O=CC1CCC(OC2CCC(S(=O)[O-])CC2)CC1. The molecule has 0 amide bonds. The van der Waals surface area contributed by atoms with E-state index in [2.05, 4.69) is 0 Å². The maximum absolute atomic E-state index is 10.8. The lowest BCUT2D eigenvalue weighted by molar-refractivity contribution is -0.113. The molecule has 2 rings (SSSR count). The lowest BCUT2D eigenvalue weighted by Crippen LogP contribution is -2.32. The van der Waals surface area contributed by atoms with Crippen LogP contribution in [0.1, 0.15) is 51.4 Å². The Morgan fingerprint density at radius 1 is 0.944 bits per heavy atom. The normalized spacial score (nSPS) is 39.2. The van der Waals surface area contributed by atoms with Crippen molar-refractivity contribution < 1.29 is 18.3 Å². The van der Waals surface area contributed by atoms with Crippen molar-refractivity contribution in [3.05, 3.63) is 0 Å². The summed E-state index contributed by atoms with van der Waals surface area (Å²) in [5.74, 6) is 0.225. The van der Waals surface area contributed by atoms with E-state index in [1.54, 1.807) is 0 Å². The summed E-state index contributed by atoms with van der Waals surface area (Å²) in [5, 5.41) is -0.171. The summed E-state index contributed by atoms with van der Waals surface area (Å²) in [6.07, 6.45) is 8.54. The first-order chi connectivity index (χ1) is 8.69. The molecule has 18 heavy (non-hydrogen) atoms. The van der Waals surface area contributed by atoms with Gasteiger partial charge < -0.3 is 14.1 Å². The summed E-state index contributed by atoms with van der Waals surface area (Å²) >= 11 is -1.92. The second-order valence-electron chi connectivity index (χ2n) is 5.47. The van der Waals surface area contributed by atoms with Gasteiger partial charge in [0.1, 0.15) is 6.29 Å². The molecule has 0 N–H and O–H groups in total. The Balaban J connectivity index is 1.69. The third-order valence-corrected chi connectivity index (χ3v) is 5.21. The number of hydrogen-bond acceptors (Lipinski definition) is 4. The smallest absolute Gasteiger partial charge is 0.123 e. The third kappa shape index (κ3) is 3.87. The van der Waals surface area contributed by atoms with Crippen LogP contribution in [0.15, 0.2) is 0 Å². The van der Waals surface area contributed by atoms with Crippen LogP contribution in [0.5, 0.6) is 0 Å². The van der Waals surface area contributed by atoms with E-state index >= 15 is 0 Å². The van der Waals surface area contributed by atoms with Gasteiger partial charge in [-0.05, 0) is 51.4 Å². The summed E-state index contributed by atoms with van der Waals surface area (Å²) in [7, 11) is 0. The average Bonchev–Trinajstić information content (AvgIpc) is 2.40. The van der Waals surface area contributed by atoms with E-state index in [0.717, 1.165) is 57.7 Å². The number of ether oxygens (including phenoxy) is 1. The van der Waals surface area contributed by atoms with E-state index < -0.39 is 11.1 Å². The van der Waals surface area contributed by atoms with Crippen LogP contribution in [0.4, 0.5) is 0 Å². The fraction of sp³-hybridized carbons (Fsp3) is 0.923. The Bertz CT molecular complexity index is 291. The van der Waals surface area contributed by atoms with Crippen molar-refractivity contribution in [1.29, 1.82) is 0 Å². The van der Waals surface area contributed by atoms with Crippen LogP contribution in [0.25, 0.3) is 0 Å². The van der Waals surface area contributed by atoms with Crippen LogP contribution in [-0.4, -0.2) is 32.5 Å². The topological polar surface area (TPSA) is 66.4 Å². The minimum absolute atomic E-state index is 0.171. The van der Waals surface area contributed by atoms with Crippen LogP contribution >= 0.6 is 0 Å². The number of rotatable bonds is 4. The van der Waals surface area contributed by atoms with Crippen LogP contribution in [0.3, 0.4) is 0 Å². The first-order valence-electron chi connectivity index (χ1n) is 6.88. The van der Waals surface area contributed by atoms with Crippen LogP contribution in [0, 0.1) is 5.92 Å². The van der Waals surface area contributed by atoms with Gasteiger partial charge in [0.2, 0.25) is 0 Å². The molecule has 0 aromatic rings. The van der Waals surface area contributed by atoms with E-state index in [0.29, 0.717) is 0 Å². The van der Waals surface area contributed by atoms with Crippen molar-refractivity contribution in [2.45, 2.75) is 68.8 Å². The van der Waals surface area contributed by atoms with Crippen LogP contribution in [0.2, 0.25) is 0 Å². The minimum atomic E-state index is -1.92. The summed E-state index contributed by atoms with van der Waals surface area (Å²) in [6, 6.07) is 0. The summed E-state index contributed by atoms with van der Waals surface area (Å²) < 4.78 is 27.7. The molecule has 0 radical (unpaired) electrons. The first kappa shape index (κ1) is 14.2. The molecular formula is C13H21O4S-. The van der Waals surface area contributed by atoms with E-state index in [1.807, 2.05) is 0 Å². The Morgan fingerprint density at radius 2 is 1.44 bits per heavy atom. The largest absolute Gasteiger partial charge is 0.772 e. The van der Waals surface area contributed by atoms with Crippen molar-refractivity contribution in [3.8, 4) is 0 Å². The van der Waals surface area contributed by atoms with Gasteiger partial charge in [-0.1, -0.05) is 11.1 Å². The van der Waals surface area contributed by atoms with Gasteiger partial charge >= 0.3 is 0 Å². The molecule has 0 saturated heterocycles. The molecule has 1 atom stereocenters. The van der Waals surface area contributed by atoms with Gasteiger partial charge in [-0.15, -0.1) is 0 Å². The lowest BCUT2D eigenvalue weighted by atomic mass is 9.88. The number of hydrogen-bond donors (Lipinski definition) is 0. The summed E-state index contributed by atoms with van der Waals surface area (Å²) in [4.78, 5) is 10.7. The highest BCUT2D eigenvalue weighted by molar-refractivity contribution is 7.79. The molecule has 0 bridgehead atoms. The molecule has 104 valence electrons. The zero-order valence-corrected chi connectivity index (χ0v) is 11.4. The Morgan fingerprint density at radius 3 is 1.89 bits per heavy atom. The molecule has 0 heterocycles. The van der Waals surface area contributed by atoms with Gasteiger partial charge in [-0.25, -0.2) is 0 Å². The van der Waals surface area contributed by atoms with Crippen molar-refractivity contribution in [1.82, 2.24) is 0 Å². The maximum atomic E-state index is 10.8. The van der Waals surface area contributed by atoms with E-state index in [1.165, 1.54) is 0 Å². The van der Waals surface area contributed by atoms with Crippen molar-refractivity contribution in [2.75, 3.05) is 0 Å². The third-order valence-electron chi connectivity index (χ3n) is 4.19. The molecular weight excluding hydrogens is 252 g/mol. The van der Waals surface area contributed by atoms with Crippen molar-refractivity contribution in [3.63, 3.8) is 0 Å². The number of carbonyl (C=O) groups is 1. The van der Waals surface area contributed by atoms with Gasteiger partial charge in [0.05, 0.1) is 12.2 Å². The quantitative estimate of drug-likeness (QED) is 0.580. The van der Waals surface area contributed by atoms with Gasteiger partial charge in [0.25, 0.3) is 0 Å². The molecule has 2 fully saturated rings. The molecule has 2 aliphatic carbocycles. The predicted octanol–water partition coefficient (Wildman–Crippen LogP) is 1.95. The molecule has 0 aliphatic heterocycles. The van der Waals surface area contributed by atoms with Crippen molar-refractivity contribution >= 4 is 17.4 Å². The highest BCUT2D eigenvalue weighted by Crippen LogP contribution is 2.30. The van der Waals surface area contributed by atoms with E-state index in [9.17, 15) is 13.6 Å². The summed E-state index contributed by atoms with van der Waals surface area (Å²) in [5.41, 5.74) is 0. The van der Waals surface area contributed by atoms with Gasteiger partial charge in [-0.3, -0.25) is 4.21 Å². The number of aldehydes is 1. The summed E-state index contributed by atoms with van der Waals surface area (Å²) in [6.45, 7) is 0. The average molecular weight is 273 g/mol. The highest BCUT2D eigenvalue weighted by Gasteiger charge is 2.27. The zero-order valence-electron chi connectivity index (χ0n) is 10.6. The molecule has 1 unspecified atom stereocenters. The highest BCUT2D eigenvalue weighted by atomic mass is 32.2. The molecule has 2 saturated carbocycles. The predicted molar refractivity (Wildman–Crippen MR) is 67.9 cm³/mol. The second kappa shape index (κ2) is 6.78. The molecule has 5 heteroatoms. The lowest BCUT2D eigenvalue weighted by Gasteiger charge is -2.34. The van der Waals surface area contributed by atoms with Crippen LogP contribution < -0.4 is 0 Å². The zero-order chi connectivity index (χ0) is 13.0. The van der Waals surface area contributed by atoms with E-state index in [4.69, 9.17) is 4.74 Å². The Hall–Kier alpha value is -0.260. The Labute approximate surface area is 111 Å². The molecule has 4 nitrogen and oxygen atoms in total. The maximum Gasteiger partial charge on any atom is 0.123 e. The van der Waals surface area contributed by atoms with Gasteiger partial charge in [0.15, 0.2) is 0 Å². The minimum Gasteiger partial charge on any atom is -0.772 e. The molecule has 0 aromatic heterocycles. The van der Waals surface area contributed by atoms with Gasteiger partial charge in [-0.2, -0.15) is 0 Å².